The van der Waals surface area contributed by atoms with E-state index in [4.69, 9.17) is 4.42 Å². The highest BCUT2D eigenvalue weighted by Gasteiger charge is 2.46. The quantitative estimate of drug-likeness (QED) is 0.391. The first-order chi connectivity index (χ1) is 15.7. The van der Waals surface area contributed by atoms with Crippen LogP contribution in [0.3, 0.4) is 0 Å². The number of aliphatic hydroxyl groups is 1. The zero-order chi connectivity index (χ0) is 23.4. The number of carbonyl (C=O) groups is 2. The van der Waals surface area contributed by atoms with Crippen LogP contribution in [0.25, 0.3) is 10.2 Å². The minimum atomic E-state index is -1.06. The van der Waals surface area contributed by atoms with Gasteiger partial charge in [-0.15, -0.1) is 0 Å². The molecule has 1 N–H and O–H groups in total. The number of benzene rings is 2. The second-order valence-electron chi connectivity index (χ2n) is 8.06. The molecule has 1 aliphatic heterocycles. The molecule has 1 atom stereocenters. The number of rotatable bonds is 4. The molecule has 3 heterocycles. The van der Waals surface area contributed by atoms with E-state index < -0.39 is 29.3 Å². The Morgan fingerprint density at radius 3 is 2.64 bits per heavy atom. The topological polar surface area (TPSA) is 83.6 Å². The Morgan fingerprint density at radius 1 is 1.15 bits per heavy atom. The Labute approximate surface area is 192 Å². The van der Waals surface area contributed by atoms with Crippen molar-refractivity contribution in [2.24, 2.45) is 0 Å². The van der Waals surface area contributed by atoms with Gasteiger partial charge in [0.1, 0.15) is 11.6 Å². The van der Waals surface area contributed by atoms with Crippen LogP contribution in [0.5, 0.6) is 0 Å². The number of anilines is 1. The molecule has 6 nitrogen and oxygen atoms in total. The van der Waals surface area contributed by atoms with Crippen LogP contribution in [0.15, 0.2) is 64.3 Å². The number of ketones is 1. The molecule has 0 aliphatic carbocycles. The number of Topliss-reactive ketones (excluding diaryl/α,β-unsaturated/α-hetero) is 1. The third-order valence-corrected chi connectivity index (χ3v) is 6.61. The summed E-state index contributed by atoms with van der Waals surface area (Å²) in [6, 6.07) is 11.6. The maximum Gasteiger partial charge on any atom is 0.296 e. The van der Waals surface area contributed by atoms with Crippen molar-refractivity contribution in [3.63, 3.8) is 0 Å². The van der Waals surface area contributed by atoms with Crippen LogP contribution in [0, 0.1) is 26.6 Å². The van der Waals surface area contributed by atoms with Crippen molar-refractivity contribution in [2.45, 2.75) is 26.8 Å². The Hall–Kier alpha value is -3.78. The Balaban J connectivity index is 1.70. The first-order valence-electron chi connectivity index (χ1n) is 10.3. The predicted octanol–water partition coefficient (Wildman–Crippen LogP) is 5.74. The number of hydrogen-bond donors (Lipinski definition) is 1. The zero-order valence-electron chi connectivity index (χ0n) is 18.0. The molecular weight excluding hydrogens is 443 g/mol. The van der Waals surface area contributed by atoms with Crippen LogP contribution in [0.4, 0.5) is 9.52 Å². The Bertz CT molecular complexity index is 1480. The molecule has 0 spiro atoms. The number of thiazole rings is 1. The van der Waals surface area contributed by atoms with E-state index in [2.05, 4.69) is 4.98 Å². The van der Waals surface area contributed by atoms with Gasteiger partial charge in [-0.3, -0.25) is 14.5 Å². The maximum absolute atomic E-state index is 14.2. The molecule has 33 heavy (non-hydrogen) atoms. The van der Waals surface area contributed by atoms with Gasteiger partial charge < -0.3 is 9.52 Å². The molecule has 0 bridgehead atoms. The number of halogens is 1. The van der Waals surface area contributed by atoms with Crippen LogP contribution >= 0.6 is 11.3 Å². The van der Waals surface area contributed by atoms with E-state index >= 15 is 0 Å². The van der Waals surface area contributed by atoms with Gasteiger partial charge in [0.25, 0.3) is 5.91 Å². The number of aliphatic hydroxyl groups excluding tert-OH is 1. The Morgan fingerprint density at radius 2 is 1.94 bits per heavy atom. The second-order valence-corrected chi connectivity index (χ2v) is 9.07. The third-order valence-electron chi connectivity index (χ3n) is 5.61. The number of aryl methyl sites for hydroxylation is 3. The average Bonchev–Trinajstić information content (AvgIpc) is 3.44. The van der Waals surface area contributed by atoms with Gasteiger partial charge in [-0.25, -0.2) is 9.37 Å². The van der Waals surface area contributed by atoms with Crippen molar-refractivity contribution in [3.8, 4) is 0 Å². The lowest BCUT2D eigenvalue weighted by Crippen LogP contribution is -2.31. The number of fused-ring (bicyclic) bond motifs is 1. The summed E-state index contributed by atoms with van der Waals surface area (Å²) >= 11 is 1.27. The molecule has 2 aromatic heterocycles. The van der Waals surface area contributed by atoms with Crippen LogP contribution < -0.4 is 4.90 Å². The Kier molecular flexibility index (Phi) is 4.90. The summed E-state index contributed by atoms with van der Waals surface area (Å²) in [7, 11) is 0. The lowest BCUT2D eigenvalue weighted by Gasteiger charge is -2.24. The summed E-state index contributed by atoms with van der Waals surface area (Å²) in [5.74, 6) is -2.14. The second kappa shape index (κ2) is 7.67. The smallest absolute Gasteiger partial charge is 0.296 e. The van der Waals surface area contributed by atoms with Crippen LogP contribution in [-0.2, 0) is 4.79 Å². The number of amides is 1. The molecule has 0 unspecified atom stereocenters. The standard InChI is InChI=1S/C25H19FN2O4S/c1-12-9-13(2)20-18(10-12)33-25(27-20)28-21(15-5-4-6-16(26)11-15)19(23(30)24(28)31)22(29)17-8-7-14(3)32-17/h4-11,21,30H,1-3H3/t21-/m1/s1. The molecule has 1 aliphatic rings. The van der Waals surface area contributed by atoms with Crippen molar-refractivity contribution in [3.05, 3.63) is 93.9 Å². The highest BCUT2D eigenvalue weighted by atomic mass is 32.1. The highest BCUT2D eigenvalue weighted by molar-refractivity contribution is 7.22. The monoisotopic (exact) mass is 462 g/mol. The van der Waals surface area contributed by atoms with Crippen LogP contribution in [-0.4, -0.2) is 21.8 Å². The number of furan rings is 1. The van der Waals surface area contributed by atoms with Gasteiger partial charge >= 0.3 is 0 Å². The maximum atomic E-state index is 14.2. The first kappa shape index (κ1) is 21.1. The number of hydrogen-bond acceptors (Lipinski definition) is 6. The minimum Gasteiger partial charge on any atom is -0.503 e. The summed E-state index contributed by atoms with van der Waals surface area (Å²) in [5, 5.41) is 11.1. The van der Waals surface area contributed by atoms with Crippen molar-refractivity contribution < 1.29 is 23.5 Å². The van der Waals surface area contributed by atoms with Crippen molar-refractivity contribution >= 4 is 38.4 Å². The lowest BCUT2D eigenvalue weighted by molar-refractivity contribution is -0.117. The molecule has 0 fully saturated rings. The molecule has 0 saturated heterocycles. The van der Waals surface area contributed by atoms with E-state index in [1.54, 1.807) is 19.1 Å². The van der Waals surface area contributed by atoms with E-state index in [-0.39, 0.29) is 11.3 Å². The third kappa shape index (κ3) is 3.43. The van der Waals surface area contributed by atoms with Crippen molar-refractivity contribution in [1.29, 1.82) is 0 Å². The summed E-state index contributed by atoms with van der Waals surface area (Å²) in [6.07, 6.45) is 0. The largest absolute Gasteiger partial charge is 0.503 e. The normalized spacial score (nSPS) is 16.3. The molecule has 0 saturated carbocycles. The van der Waals surface area contributed by atoms with E-state index in [1.165, 1.54) is 40.5 Å². The van der Waals surface area contributed by atoms with Gasteiger partial charge in [0.05, 0.1) is 21.8 Å². The zero-order valence-corrected chi connectivity index (χ0v) is 18.9. The summed E-state index contributed by atoms with van der Waals surface area (Å²) in [5.41, 5.74) is 2.89. The van der Waals surface area contributed by atoms with E-state index in [0.29, 0.717) is 16.5 Å². The van der Waals surface area contributed by atoms with Gasteiger partial charge in [0.15, 0.2) is 16.7 Å². The highest BCUT2D eigenvalue weighted by Crippen LogP contribution is 2.44. The first-order valence-corrected chi connectivity index (χ1v) is 11.1. The SMILES string of the molecule is Cc1cc(C)c2nc(N3C(=O)C(O)=C(C(=O)c4ccc(C)o4)[C@H]3c3cccc(F)c3)sc2c1. The average molecular weight is 463 g/mol. The van der Waals surface area contributed by atoms with Crippen LogP contribution in [0.2, 0.25) is 0 Å². The molecule has 166 valence electrons. The summed E-state index contributed by atoms with van der Waals surface area (Å²) in [4.78, 5) is 32.5. The minimum absolute atomic E-state index is 0.0131. The number of nitrogens with zero attached hydrogens (tertiary/aromatic N) is 2. The van der Waals surface area contributed by atoms with E-state index in [9.17, 15) is 19.1 Å². The molecule has 2 aromatic carbocycles. The molecule has 4 aromatic rings. The van der Waals surface area contributed by atoms with E-state index in [1.807, 2.05) is 26.0 Å². The molecular formula is C25H19FN2O4S. The number of carbonyl (C=O) groups excluding carboxylic acids is 2. The van der Waals surface area contributed by atoms with Gasteiger partial charge in [-0.1, -0.05) is 29.5 Å². The van der Waals surface area contributed by atoms with Crippen LogP contribution in [0.1, 0.15) is 39.0 Å². The van der Waals surface area contributed by atoms with E-state index in [0.717, 1.165) is 21.3 Å². The fraction of sp³-hybridized carbons (Fsp3) is 0.160. The number of aromatic nitrogens is 1. The summed E-state index contributed by atoms with van der Waals surface area (Å²) in [6.45, 7) is 5.59. The summed E-state index contributed by atoms with van der Waals surface area (Å²) < 4.78 is 20.5. The van der Waals surface area contributed by atoms with Crippen molar-refractivity contribution in [1.82, 2.24) is 4.98 Å². The lowest BCUT2D eigenvalue weighted by atomic mass is 9.95. The van der Waals surface area contributed by atoms with Gasteiger partial charge in [-0.05, 0) is 67.8 Å². The van der Waals surface area contributed by atoms with Gasteiger partial charge in [-0.2, -0.15) is 0 Å². The fourth-order valence-corrected chi connectivity index (χ4v) is 5.35. The molecule has 5 rings (SSSR count). The van der Waals surface area contributed by atoms with Gasteiger partial charge in [0, 0.05) is 0 Å². The van der Waals surface area contributed by atoms with Crippen molar-refractivity contribution in [2.75, 3.05) is 4.90 Å². The molecule has 0 radical (unpaired) electrons. The van der Waals surface area contributed by atoms with Gasteiger partial charge in [0.2, 0.25) is 5.78 Å². The predicted molar refractivity (Wildman–Crippen MR) is 123 cm³/mol. The fourth-order valence-electron chi connectivity index (χ4n) is 4.18. The molecule has 8 heteroatoms. The molecule has 1 amide bonds.